The smallest absolute Gasteiger partial charge is 0.407 e. The van der Waals surface area contributed by atoms with E-state index in [0.29, 0.717) is 11.3 Å². The summed E-state index contributed by atoms with van der Waals surface area (Å²) in [6.45, 7) is 5.82. The van der Waals surface area contributed by atoms with Crippen molar-refractivity contribution in [3.8, 4) is 0 Å². The minimum atomic E-state index is -3.12. The third kappa shape index (κ3) is 4.16. The Hall–Kier alpha value is -2.55. The molecule has 1 saturated carbocycles. The monoisotopic (exact) mass is 432 g/mol. The number of fused-ring (bicyclic) bond motifs is 1. The summed E-state index contributed by atoms with van der Waals surface area (Å²) in [7, 11) is -3.12. The van der Waals surface area contributed by atoms with Crippen LogP contribution in [-0.2, 0) is 21.0 Å². The van der Waals surface area contributed by atoms with Crippen molar-refractivity contribution in [2.45, 2.75) is 69.4 Å². The number of H-pyrrole nitrogens is 1. The average Bonchev–Trinajstić information content (AvgIpc) is 3.34. The molecule has 0 spiro atoms. The van der Waals surface area contributed by atoms with Gasteiger partial charge in [-0.1, -0.05) is 0 Å². The van der Waals surface area contributed by atoms with Crippen LogP contribution in [0.5, 0.6) is 0 Å². The highest BCUT2D eigenvalue weighted by Gasteiger charge is 2.31. The summed E-state index contributed by atoms with van der Waals surface area (Å²) in [5.74, 6) is 1.17. The molecule has 1 fully saturated rings. The second-order valence-corrected chi connectivity index (χ2v) is 10.5. The second kappa shape index (κ2) is 7.94. The maximum atomic E-state index is 12.0. The Balaban J connectivity index is 1.42. The van der Waals surface area contributed by atoms with Crippen LogP contribution in [0.2, 0.25) is 0 Å². The van der Waals surface area contributed by atoms with Gasteiger partial charge < -0.3 is 15.4 Å². The number of nitrogens with zero attached hydrogens (tertiary/aromatic N) is 1. The third-order valence-corrected chi connectivity index (χ3v) is 7.63. The van der Waals surface area contributed by atoms with E-state index in [1.54, 1.807) is 12.1 Å². The first-order valence-electron chi connectivity index (χ1n) is 10.4. The highest BCUT2D eigenvalue weighted by molar-refractivity contribution is 7.91. The number of aromatic amines is 1. The first-order valence-corrected chi connectivity index (χ1v) is 12.0. The lowest BCUT2D eigenvalue weighted by atomic mass is 10.0. The molecule has 2 heterocycles. The molecule has 1 aliphatic carbocycles. The number of hydrogen-bond acceptors (Lipinski definition) is 6. The molecule has 1 aliphatic heterocycles. The van der Waals surface area contributed by atoms with Crippen LogP contribution >= 0.6 is 0 Å². The topological polar surface area (TPSA) is 113 Å². The lowest BCUT2D eigenvalue weighted by Gasteiger charge is -2.15. The molecular weight excluding hydrogens is 404 g/mol. The van der Waals surface area contributed by atoms with Gasteiger partial charge in [-0.15, -0.1) is 0 Å². The van der Waals surface area contributed by atoms with E-state index in [1.165, 1.54) is 0 Å². The third-order valence-electron chi connectivity index (χ3n) is 5.82. The van der Waals surface area contributed by atoms with Crippen LogP contribution in [0.1, 0.15) is 55.8 Å². The molecule has 4 rings (SSSR count). The molecular formula is C21H28N4O4S. The van der Waals surface area contributed by atoms with Crippen molar-refractivity contribution < 1.29 is 17.9 Å². The van der Waals surface area contributed by atoms with Crippen molar-refractivity contribution in [1.82, 2.24) is 15.5 Å². The fraction of sp³-hybridized carbons (Fsp3) is 0.524. The van der Waals surface area contributed by atoms with E-state index in [4.69, 9.17) is 4.74 Å². The highest BCUT2D eigenvalue weighted by Crippen LogP contribution is 2.38. The number of hydrogen-bond donors (Lipinski definition) is 3. The summed E-state index contributed by atoms with van der Waals surface area (Å²) in [4.78, 5) is 12.3. The van der Waals surface area contributed by atoms with Crippen molar-refractivity contribution >= 4 is 27.4 Å². The van der Waals surface area contributed by atoms with Gasteiger partial charge in [0.2, 0.25) is 0 Å². The Kier molecular flexibility index (Phi) is 5.48. The Morgan fingerprint density at radius 2 is 2.10 bits per heavy atom. The minimum absolute atomic E-state index is 0.0532. The molecule has 30 heavy (non-hydrogen) atoms. The number of carbonyl (C=O) groups is 1. The summed E-state index contributed by atoms with van der Waals surface area (Å²) in [5, 5.41) is 13.6. The van der Waals surface area contributed by atoms with Gasteiger partial charge in [0.15, 0.2) is 15.7 Å². The van der Waals surface area contributed by atoms with Crippen LogP contribution in [-0.4, -0.2) is 42.6 Å². The molecule has 162 valence electrons. The largest absolute Gasteiger partial charge is 0.446 e. The molecule has 1 amide bonds. The molecule has 2 atom stereocenters. The Bertz CT molecular complexity index is 1060. The summed E-state index contributed by atoms with van der Waals surface area (Å²) >= 11 is 0. The maximum Gasteiger partial charge on any atom is 0.407 e. The lowest BCUT2D eigenvalue weighted by molar-refractivity contribution is 0.0981. The zero-order chi connectivity index (χ0) is 21.5. The molecule has 0 radical (unpaired) electrons. The van der Waals surface area contributed by atoms with E-state index in [1.807, 2.05) is 26.8 Å². The SMILES string of the molecule is Cc1c(Nc2ccc3c(c2)CCS3(=O)=O)n[nH]c1[C@H]1CC[C@@H](OC(=O)NC(C)C)C1. The highest BCUT2D eigenvalue weighted by atomic mass is 32.2. The number of aromatic nitrogens is 2. The number of alkyl carbamates (subject to hydrolysis) is 1. The molecule has 2 aliphatic rings. The number of rotatable bonds is 5. The normalized spacial score (nSPS) is 22.1. The van der Waals surface area contributed by atoms with Crippen molar-refractivity contribution in [1.29, 1.82) is 0 Å². The van der Waals surface area contributed by atoms with E-state index in [-0.39, 0.29) is 29.9 Å². The van der Waals surface area contributed by atoms with E-state index in [2.05, 4.69) is 20.8 Å². The molecule has 8 nitrogen and oxygen atoms in total. The first kappa shape index (κ1) is 20.7. The van der Waals surface area contributed by atoms with Gasteiger partial charge in [-0.25, -0.2) is 13.2 Å². The van der Waals surface area contributed by atoms with Gasteiger partial charge in [0.25, 0.3) is 0 Å². The van der Waals surface area contributed by atoms with Crippen LogP contribution in [0.25, 0.3) is 0 Å². The summed E-state index contributed by atoms with van der Waals surface area (Å²) in [5.41, 5.74) is 3.76. The Labute approximate surface area is 176 Å². The summed E-state index contributed by atoms with van der Waals surface area (Å²) in [6, 6.07) is 5.39. The number of carbonyl (C=O) groups excluding carboxylic acids is 1. The number of aryl methyl sites for hydroxylation is 1. The second-order valence-electron chi connectivity index (χ2n) is 8.46. The zero-order valence-electron chi connectivity index (χ0n) is 17.5. The van der Waals surface area contributed by atoms with Gasteiger partial charge in [0.1, 0.15) is 6.10 Å². The van der Waals surface area contributed by atoms with Gasteiger partial charge in [-0.3, -0.25) is 5.10 Å². The first-order chi connectivity index (χ1) is 14.2. The number of sulfone groups is 1. The van der Waals surface area contributed by atoms with Gasteiger partial charge in [0, 0.05) is 28.9 Å². The lowest BCUT2D eigenvalue weighted by Crippen LogP contribution is -2.33. The number of amides is 1. The number of ether oxygens (including phenoxy) is 1. The van der Waals surface area contributed by atoms with Crippen LogP contribution in [0.15, 0.2) is 23.1 Å². The molecule has 1 aromatic carbocycles. The van der Waals surface area contributed by atoms with Crippen molar-refractivity contribution in [2.24, 2.45) is 0 Å². The Morgan fingerprint density at radius 3 is 2.87 bits per heavy atom. The Morgan fingerprint density at radius 1 is 1.30 bits per heavy atom. The van der Waals surface area contributed by atoms with Crippen LogP contribution in [0.4, 0.5) is 16.3 Å². The van der Waals surface area contributed by atoms with E-state index in [0.717, 1.165) is 47.6 Å². The number of benzene rings is 1. The minimum Gasteiger partial charge on any atom is -0.446 e. The quantitative estimate of drug-likeness (QED) is 0.666. The number of anilines is 2. The van der Waals surface area contributed by atoms with Gasteiger partial charge >= 0.3 is 6.09 Å². The summed E-state index contributed by atoms with van der Waals surface area (Å²) < 4.78 is 29.5. The van der Waals surface area contributed by atoms with Crippen molar-refractivity contribution in [3.63, 3.8) is 0 Å². The fourth-order valence-electron chi connectivity index (χ4n) is 4.31. The van der Waals surface area contributed by atoms with E-state index in [9.17, 15) is 13.2 Å². The van der Waals surface area contributed by atoms with E-state index >= 15 is 0 Å². The molecule has 3 N–H and O–H groups in total. The average molecular weight is 433 g/mol. The van der Waals surface area contributed by atoms with Crippen LogP contribution in [0, 0.1) is 6.92 Å². The van der Waals surface area contributed by atoms with Crippen molar-refractivity contribution in [2.75, 3.05) is 11.1 Å². The van der Waals surface area contributed by atoms with E-state index < -0.39 is 9.84 Å². The molecule has 1 aromatic heterocycles. The van der Waals surface area contributed by atoms with Crippen LogP contribution in [0.3, 0.4) is 0 Å². The molecule has 0 bridgehead atoms. The molecule has 0 unspecified atom stereocenters. The van der Waals surface area contributed by atoms with Crippen LogP contribution < -0.4 is 10.6 Å². The van der Waals surface area contributed by atoms with Crippen molar-refractivity contribution in [3.05, 3.63) is 35.0 Å². The molecule has 0 saturated heterocycles. The maximum absolute atomic E-state index is 12.0. The van der Waals surface area contributed by atoms with Gasteiger partial charge in [-0.2, -0.15) is 5.10 Å². The standard InChI is InChI=1S/C21H28N4O4S/c1-12(2)22-21(26)29-17-6-4-15(11-17)19-13(3)20(25-24-19)23-16-5-7-18-14(10-16)8-9-30(18,27)28/h5,7,10,12,15,17H,4,6,8-9,11H2,1-3H3,(H,22,26)(H2,23,24,25)/t15-,17+/m0/s1. The van der Waals surface area contributed by atoms with Gasteiger partial charge in [-0.05, 0) is 70.2 Å². The zero-order valence-corrected chi connectivity index (χ0v) is 18.3. The molecule has 2 aromatic rings. The fourth-order valence-corrected chi connectivity index (χ4v) is 5.85. The summed E-state index contributed by atoms with van der Waals surface area (Å²) in [6.07, 6.45) is 2.62. The predicted octanol–water partition coefficient (Wildman–Crippen LogP) is 3.56. The predicted molar refractivity (Wildman–Crippen MR) is 114 cm³/mol. The van der Waals surface area contributed by atoms with Gasteiger partial charge in [0.05, 0.1) is 10.6 Å². The molecule has 9 heteroatoms. The number of nitrogens with one attached hydrogen (secondary N) is 3.